The van der Waals surface area contributed by atoms with Crippen LogP contribution in [0.4, 0.5) is 14.9 Å². The van der Waals surface area contributed by atoms with E-state index in [1.807, 2.05) is 0 Å². The van der Waals surface area contributed by atoms with Crippen molar-refractivity contribution in [2.45, 2.75) is 6.61 Å². The normalized spacial score (nSPS) is 13.9. The molecule has 0 spiro atoms. The van der Waals surface area contributed by atoms with Crippen molar-refractivity contribution in [1.82, 2.24) is 4.90 Å². The zero-order chi connectivity index (χ0) is 28.8. The van der Waals surface area contributed by atoms with Crippen molar-refractivity contribution >= 4 is 58.1 Å². The molecule has 206 valence electrons. The van der Waals surface area contributed by atoms with Gasteiger partial charge in [0.2, 0.25) is 5.91 Å². The van der Waals surface area contributed by atoms with Crippen molar-refractivity contribution < 1.29 is 37.8 Å². The maximum absolute atomic E-state index is 13.1. The fourth-order valence-corrected chi connectivity index (χ4v) is 4.67. The molecule has 0 atom stereocenters. The first-order valence-electron chi connectivity index (χ1n) is 11.7. The molecule has 12 heteroatoms. The van der Waals surface area contributed by atoms with Crippen LogP contribution in [0.1, 0.15) is 21.5 Å². The molecule has 3 aromatic rings. The topological polar surface area (TPSA) is 111 Å². The van der Waals surface area contributed by atoms with Crippen molar-refractivity contribution in [3.8, 4) is 11.5 Å². The van der Waals surface area contributed by atoms with Crippen molar-refractivity contribution in [2.24, 2.45) is 0 Å². The Hall–Kier alpha value is -4.35. The molecule has 9 nitrogen and oxygen atoms in total. The van der Waals surface area contributed by atoms with Crippen molar-refractivity contribution in [1.29, 1.82) is 0 Å². The number of methoxy groups -OCH3 is 2. The van der Waals surface area contributed by atoms with E-state index in [0.29, 0.717) is 28.8 Å². The second kappa shape index (κ2) is 12.7. The number of amides is 3. The molecule has 0 bridgehead atoms. The van der Waals surface area contributed by atoms with Gasteiger partial charge in [0.1, 0.15) is 19.0 Å². The molecule has 3 amide bonds. The van der Waals surface area contributed by atoms with Gasteiger partial charge in [-0.2, -0.15) is 0 Å². The fourth-order valence-electron chi connectivity index (χ4n) is 3.64. The summed E-state index contributed by atoms with van der Waals surface area (Å²) in [6.07, 6.45) is 1.51. The number of imide groups is 1. The van der Waals surface area contributed by atoms with Crippen LogP contribution in [-0.2, 0) is 20.9 Å². The van der Waals surface area contributed by atoms with E-state index in [1.165, 1.54) is 50.6 Å². The number of ether oxygens (including phenoxy) is 3. The lowest BCUT2D eigenvalue weighted by Crippen LogP contribution is -2.36. The third kappa shape index (κ3) is 6.80. The van der Waals surface area contributed by atoms with Crippen molar-refractivity contribution in [3.63, 3.8) is 0 Å². The second-order valence-corrected chi connectivity index (χ2v) is 9.73. The zero-order valence-electron chi connectivity index (χ0n) is 21.2. The number of nitrogens with zero attached hydrogens (tertiary/aromatic N) is 1. The molecule has 0 aliphatic carbocycles. The van der Waals surface area contributed by atoms with E-state index >= 15 is 0 Å². The Labute approximate surface area is 237 Å². The van der Waals surface area contributed by atoms with E-state index in [-0.39, 0.29) is 33.6 Å². The van der Waals surface area contributed by atoms with Gasteiger partial charge in [0.15, 0.2) is 11.5 Å². The molecule has 4 rings (SSSR count). The largest absolute Gasteiger partial charge is 0.493 e. The van der Waals surface area contributed by atoms with Gasteiger partial charge in [0.25, 0.3) is 11.1 Å². The summed E-state index contributed by atoms with van der Waals surface area (Å²) in [5.74, 6) is -1.47. The highest BCUT2D eigenvalue weighted by Crippen LogP contribution is 2.35. The number of halogens is 2. The minimum absolute atomic E-state index is 0.0540. The minimum atomic E-state index is -0.679. The van der Waals surface area contributed by atoms with Gasteiger partial charge in [0, 0.05) is 5.69 Å². The van der Waals surface area contributed by atoms with Crippen LogP contribution in [0.25, 0.3) is 6.08 Å². The lowest BCUT2D eigenvalue weighted by molar-refractivity contribution is -0.127. The van der Waals surface area contributed by atoms with Gasteiger partial charge < -0.3 is 19.5 Å². The molecule has 0 unspecified atom stereocenters. The number of hydrogen-bond donors (Lipinski definition) is 1. The van der Waals surface area contributed by atoms with Gasteiger partial charge in [-0.15, -0.1) is 0 Å². The Bertz CT molecular complexity index is 1510. The second-order valence-electron chi connectivity index (χ2n) is 8.33. The highest BCUT2D eigenvalue weighted by atomic mass is 35.5. The summed E-state index contributed by atoms with van der Waals surface area (Å²) in [7, 11) is 2.66. The van der Waals surface area contributed by atoms with Crippen LogP contribution >= 0.6 is 23.4 Å². The Morgan fingerprint density at radius 2 is 1.77 bits per heavy atom. The quantitative estimate of drug-likeness (QED) is 0.258. The molecule has 1 aliphatic rings. The lowest BCUT2D eigenvalue weighted by atomic mass is 10.1. The number of carbonyl (C=O) groups excluding carboxylic acids is 4. The highest BCUT2D eigenvalue weighted by Gasteiger charge is 2.36. The number of benzene rings is 3. The van der Waals surface area contributed by atoms with Crippen LogP contribution in [-0.4, -0.2) is 48.7 Å². The van der Waals surface area contributed by atoms with Crippen LogP contribution in [0.2, 0.25) is 5.02 Å². The summed E-state index contributed by atoms with van der Waals surface area (Å²) in [6.45, 7) is -0.339. The molecular weight excluding hydrogens is 563 g/mol. The minimum Gasteiger partial charge on any atom is -0.493 e. The summed E-state index contributed by atoms with van der Waals surface area (Å²) < 4.78 is 29.0. The molecule has 1 N–H and O–H groups in total. The first-order valence-corrected chi connectivity index (χ1v) is 12.9. The van der Waals surface area contributed by atoms with E-state index in [9.17, 15) is 23.6 Å². The first-order chi connectivity index (χ1) is 19.2. The van der Waals surface area contributed by atoms with E-state index in [2.05, 4.69) is 10.1 Å². The van der Waals surface area contributed by atoms with E-state index < -0.39 is 29.6 Å². The summed E-state index contributed by atoms with van der Waals surface area (Å²) in [5, 5.41) is 2.08. The molecule has 1 fully saturated rings. The summed E-state index contributed by atoms with van der Waals surface area (Å²) >= 11 is 6.69. The number of esters is 1. The number of anilines is 1. The first kappa shape index (κ1) is 28.7. The maximum Gasteiger partial charge on any atom is 0.339 e. The van der Waals surface area contributed by atoms with E-state index in [4.69, 9.17) is 21.1 Å². The average molecular weight is 585 g/mol. The van der Waals surface area contributed by atoms with Gasteiger partial charge >= 0.3 is 5.97 Å². The lowest BCUT2D eigenvalue weighted by Gasteiger charge is -2.13. The predicted octanol–water partition coefficient (Wildman–Crippen LogP) is 5.53. The van der Waals surface area contributed by atoms with Crippen LogP contribution in [0.15, 0.2) is 65.6 Å². The smallest absolute Gasteiger partial charge is 0.339 e. The van der Waals surface area contributed by atoms with Crippen LogP contribution in [0, 0.1) is 5.82 Å². The van der Waals surface area contributed by atoms with Crippen molar-refractivity contribution in [2.75, 3.05) is 26.1 Å². The van der Waals surface area contributed by atoms with Gasteiger partial charge in [-0.25, -0.2) is 9.18 Å². The standard InChI is InChI=1S/C28H22ClFN2O7S/c1-37-23-11-17(5-10-22(23)39-15-16-3-6-18(30)7-4-16)12-24-26(34)32(28(36)40-24)14-25(33)31-19-8-9-21(29)20(13-19)27(35)38-2/h3-13H,14-15H2,1-2H3,(H,31,33)/b24-12-. The molecule has 1 heterocycles. The molecule has 0 saturated carbocycles. The summed E-state index contributed by atoms with van der Waals surface area (Å²) in [5.41, 5.74) is 1.63. The van der Waals surface area contributed by atoms with E-state index in [1.54, 1.807) is 30.3 Å². The number of thioether (sulfide) groups is 1. The van der Waals surface area contributed by atoms with Gasteiger partial charge in [-0.05, 0) is 71.4 Å². The molecule has 1 saturated heterocycles. The van der Waals surface area contributed by atoms with Crippen LogP contribution in [0.5, 0.6) is 11.5 Å². The van der Waals surface area contributed by atoms with Gasteiger partial charge in [-0.3, -0.25) is 19.3 Å². The summed E-state index contributed by atoms with van der Waals surface area (Å²) in [4.78, 5) is 50.8. The predicted molar refractivity (Wildman–Crippen MR) is 148 cm³/mol. The number of hydrogen-bond acceptors (Lipinski definition) is 8. The monoisotopic (exact) mass is 584 g/mol. The SMILES string of the molecule is COC(=O)c1cc(NC(=O)CN2C(=O)S/C(=C\c3ccc(OCc4ccc(F)cc4)c(OC)c3)C2=O)ccc1Cl. The molecule has 3 aromatic carbocycles. The Morgan fingerprint density at radius 1 is 1.02 bits per heavy atom. The average Bonchev–Trinajstić information content (AvgIpc) is 3.20. The van der Waals surface area contributed by atoms with Gasteiger partial charge in [-0.1, -0.05) is 29.8 Å². The molecule has 40 heavy (non-hydrogen) atoms. The third-order valence-electron chi connectivity index (χ3n) is 5.62. The Morgan fingerprint density at radius 3 is 2.48 bits per heavy atom. The summed E-state index contributed by atoms with van der Waals surface area (Å²) in [6, 6.07) is 15.1. The zero-order valence-corrected chi connectivity index (χ0v) is 22.8. The Balaban J connectivity index is 1.42. The highest BCUT2D eigenvalue weighted by molar-refractivity contribution is 8.18. The van der Waals surface area contributed by atoms with Crippen LogP contribution < -0.4 is 14.8 Å². The molecule has 1 aliphatic heterocycles. The molecule has 0 radical (unpaired) electrons. The number of nitrogens with one attached hydrogen (secondary N) is 1. The molecule has 0 aromatic heterocycles. The Kier molecular flexibility index (Phi) is 9.08. The van der Waals surface area contributed by atoms with Crippen LogP contribution in [0.3, 0.4) is 0 Å². The maximum atomic E-state index is 13.1. The fraction of sp³-hybridized carbons (Fsp3) is 0.143. The number of rotatable bonds is 9. The van der Waals surface area contributed by atoms with Gasteiger partial charge in [0.05, 0.1) is 29.7 Å². The molecular formula is C28H22ClFN2O7S. The number of carbonyl (C=O) groups is 4. The third-order valence-corrected chi connectivity index (χ3v) is 6.86. The van der Waals surface area contributed by atoms with E-state index in [0.717, 1.165) is 10.5 Å². The van der Waals surface area contributed by atoms with Crippen molar-refractivity contribution in [3.05, 3.63) is 93.1 Å².